The van der Waals surface area contributed by atoms with Gasteiger partial charge in [0.15, 0.2) is 0 Å². The Balaban J connectivity index is 1.99. The third-order valence-electron chi connectivity index (χ3n) is 4.94. The molecule has 0 saturated heterocycles. The molecule has 2 N–H and O–H groups in total. The molecule has 0 saturated carbocycles. The number of para-hydroxylation sites is 1. The van der Waals surface area contributed by atoms with Crippen molar-refractivity contribution in [1.29, 1.82) is 0 Å². The summed E-state index contributed by atoms with van der Waals surface area (Å²) in [5.41, 5.74) is 4.11. The molecule has 1 atom stereocenters. The third kappa shape index (κ3) is 5.71. The highest BCUT2D eigenvalue weighted by atomic mass is 32.2. The Hall–Kier alpha value is -3.16. The lowest BCUT2D eigenvalue weighted by Gasteiger charge is -2.23. The van der Waals surface area contributed by atoms with Gasteiger partial charge in [0.05, 0.1) is 30.3 Å². The molecule has 31 heavy (non-hydrogen) atoms. The van der Waals surface area contributed by atoms with E-state index in [-0.39, 0.29) is 11.4 Å². The molecular formula is C24H26N2O4S. The van der Waals surface area contributed by atoms with Crippen LogP contribution in [0.15, 0.2) is 77.7 Å². The number of anilines is 1. The lowest BCUT2D eigenvalue weighted by molar-refractivity contribution is -0.139. The maximum atomic E-state index is 13.0. The lowest BCUT2D eigenvalue weighted by Crippen LogP contribution is -2.30. The number of hydrogen-bond acceptors (Lipinski definition) is 5. The van der Waals surface area contributed by atoms with Gasteiger partial charge in [-0.1, -0.05) is 65.7 Å². The van der Waals surface area contributed by atoms with Crippen molar-refractivity contribution in [3.63, 3.8) is 0 Å². The fourth-order valence-electron chi connectivity index (χ4n) is 3.19. The molecule has 1 unspecified atom stereocenters. The van der Waals surface area contributed by atoms with E-state index < -0.39 is 22.0 Å². The van der Waals surface area contributed by atoms with Crippen LogP contribution in [-0.2, 0) is 19.6 Å². The van der Waals surface area contributed by atoms with Crippen LogP contribution in [0.2, 0.25) is 0 Å². The molecule has 3 rings (SSSR count). The van der Waals surface area contributed by atoms with Gasteiger partial charge in [0.2, 0.25) is 0 Å². The molecule has 0 spiro atoms. The Labute approximate surface area is 183 Å². The first-order valence-corrected chi connectivity index (χ1v) is 11.3. The highest BCUT2D eigenvalue weighted by Crippen LogP contribution is 2.30. The second-order valence-corrected chi connectivity index (χ2v) is 8.99. The molecule has 0 aromatic heterocycles. The summed E-state index contributed by atoms with van der Waals surface area (Å²) in [5.74, 6) is -0.408. The highest BCUT2D eigenvalue weighted by Gasteiger charge is 2.22. The molecule has 0 aliphatic heterocycles. The van der Waals surface area contributed by atoms with Crippen LogP contribution in [0.5, 0.6) is 0 Å². The minimum atomic E-state index is -3.78. The Morgan fingerprint density at radius 2 is 1.48 bits per heavy atom. The molecule has 0 bridgehead atoms. The van der Waals surface area contributed by atoms with Gasteiger partial charge in [0.1, 0.15) is 0 Å². The zero-order valence-electron chi connectivity index (χ0n) is 17.8. The Morgan fingerprint density at radius 3 is 2.10 bits per heavy atom. The fourth-order valence-corrected chi connectivity index (χ4v) is 4.27. The SMILES string of the molecule is COC(=O)CNC(c1ccc(C)cc1)c1ccccc1NS(=O)(=O)c1ccc(C)cc1. The van der Waals surface area contributed by atoms with Gasteiger partial charge in [-0.25, -0.2) is 8.42 Å². The van der Waals surface area contributed by atoms with Crippen LogP contribution in [-0.4, -0.2) is 28.0 Å². The van der Waals surface area contributed by atoms with Crippen LogP contribution in [0.1, 0.15) is 28.3 Å². The van der Waals surface area contributed by atoms with Gasteiger partial charge in [-0.05, 0) is 43.2 Å². The van der Waals surface area contributed by atoms with Crippen molar-refractivity contribution in [2.75, 3.05) is 18.4 Å². The van der Waals surface area contributed by atoms with Gasteiger partial charge in [0.25, 0.3) is 10.0 Å². The number of aryl methyl sites for hydroxylation is 2. The van der Waals surface area contributed by atoms with Gasteiger partial charge >= 0.3 is 5.97 Å². The highest BCUT2D eigenvalue weighted by molar-refractivity contribution is 7.92. The number of carbonyl (C=O) groups is 1. The second kappa shape index (κ2) is 9.76. The quantitative estimate of drug-likeness (QED) is 0.520. The van der Waals surface area contributed by atoms with Crippen LogP contribution in [0.3, 0.4) is 0 Å². The summed E-state index contributed by atoms with van der Waals surface area (Å²) >= 11 is 0. The zero-order chi connectivity index (χ0) is 22.4. The number of rotatable bonds is 8. The summed E-state index contributed by atoms with van der Waals surface area (Å²) in [7, 11) is -2.45. The molecule has 0 aliphatic carbocycles. The van der Waals surface area contributed by atoms with Crippen LogP contribution >= 0.6 is 0 Å². The molecule has 0 heterocycles. The van der Waals surface area contributed by atoms with Crippen LogP contribution in [0.4, 0.5) is 5.69 Å². The Bertz CT molecular complexity index is 1140. The van der Waals surface area contributed by atoms with E-state index in [1.54, 1.807) is 36.4 Å². The number of sulfonamides is 1. The van der Waals surface area contributed by atoms with Gasteiger partial charge in [0, 0.05) is 0 Å². The summed E-state index contributed by atoms with van der Waals surface area (Å²) in [6.07, 6.45) is 0. The summed E-state index contributed by atoms with van der Waals surface area (Å²) < 4.78 is 33.4. The molecular weight excluding hydrogens is 412 g/mol. The van der Waals surface area contributed by atoms with Crippen LogP contribution < -0.4 is 10.0 Å². The number of carbonyl (C=O) groups excluding carboxylic acids is 1. The van der Waals surface area contributed by atoms with Crippen molar-refractivity contribution in [3.8, 4) is 0 Å². The van der Waals surface area contributed by atoms with Crippen LogP contribution in [0, 0.1) is 13.8 Å². The van der Waals surface area contributed by atoms with E-state index in [9.17, 15) is 13.2 Å². The number of ether oxygens (including phenoxy) is 1. The smallest absolute Gasteiger partial charge is 0.319 e. The van der Waals surface area contributed by atoms with Crippen LogP contribution in [0.25, 0.3) is 0 Å². The summed E-state index contributed by atoms with van der Waals surface area (Å²) in [4.78, 5) is 11.9. The molecule has 6 nitrogen and oxygen atoms in total. The Kier molecular flexibility index (Phi) is 7.09. The van der Waals surface area contributed by atoms with Gasteiger partial charge in [-0.3, -0.25) is 14.8 Å². The van der Waals surface area contributed by atoms with E-state index in [0.717, 1.165) is 16.7 Å². The molecule has 162 valence electrons. The fraction of sp³-hybridized carbons (Fsp3) is 0.208. The molecule has 0 radical (unpaired) electrons. The number of esters is 1. The minimum Gasteiger partial charge on any atom is -0.468 e. The first kappa shape index (κ1) is 22.5. The maximum Gasteiger partial charge on any atom is 0.319 e. The minimum absolute atomic E-state index is 0.0198. The van der Waals surface area contributed by atoms with Gasteiger partial charge in [-0.15, -0.1) is 0 Å². The monoisotopic (exact) mass is 438 g/mol. The second-order valence-electron chi connectivity index (χ2n) is 7.31. The topological polar surface area (TPSA) is 84.5 Å². The van der Waals surface area contributed by atoms with Crippen molar-refractivity contribution in [3.05, 3.63) is 95.1 Å². The Morgan fingerprint density at radius 1 is 0.903 bits per heavy atom. The average molecular weight is 439 g/mol. The van der Waals surface area contributed by atoms with E-state index >= 15 is 0 Å². The van der Waals surface area contributed by atoms with Crippen molar-refractivity contribution in [2.45, 2.75) is 24.8 Å². The van der Waals surface area contributed by atoms with E-state index in [4.69, 9.17) is 4.74 Å². The van der Waals surface area contributed by atoms with Crippen molar-refractivity contribution in [1.82, 2.24) is 5.32 Å². The van der Waals surface area contributed by atoms with E-state index in [1.807, 2.05) is 50.2 Å². The normalized spacial score (nSPS) is 12.2. The van der Waals surface area contributed by atoms with Gasteiger partial charge < -0.3 is 4.74 Å². The number of nitrogens with one attached hydrogen (secondary N) is 2. The number of methoxy groups -OCH3 is 1. The molecule has 3 aromatic carbocycles. The van der Waals surface area contributed by atoms with Crippen molar-refractivity contribution in [2.24, 2.45) is 0 Å². The molecule has 7 heteroatoms. The number of benzene rings is 3. The summed E-state index contributed by atoms with van der Waals surface area (Å²) in [5, 5.41) is 3.19. The molecule has 3 aromatic rings. The standard InChI is InChI=1S/C24H26N2O4S/c1-17-8-12-19(13-9-17)24(25-16-23(27)30-3)21-6-4-5-7-22(21)26-31(28,29)20-14-10-18(2)11-15-20/h4-15,24-26H,16H2,1-3H3. The summed E-state index contributed by atoms with van der Waals surface area (Å²) in [6.45, 7) is 3.87. The molecule has 0 aliphatic rings. The van der Waals surface area contributed by atoms with Gasteiger partial charge in [-0.2, -0.15) is 0 Å². The maximum absolute atomic E-state index is 13.0. The first-order valence-electron chi connectivity index (χ1n) is 9.85. The van der Waals surface area contributed by atoms with Crippen molar-refractivity contribution < 1.29 is 17.9 Å². The number of hydrogen-bond donors (Lipinski definition) is 2. The average Bonchev–Trinajstić information content (AvgIpc) is 2.76. The largest absolute Gasteiger partial charge is 0.468 e. The van der Waals surface area contributed by atoms with Crippen molar-refractivity contribution >= 4 is 21.7 Å². The van der Waals surface area contributed by atoms with E-state index in [0.29, 0.717) is 11.3 Å². The third-order valence-corrected chi connectivity index (χ3v) is 6.32. The lowest BCUT2D eigenvalue weighted by atomic mass is 9.96. The van der Waals surface area contributed by atoms with E-state index in [1.165, 1.54) is 7.11 Å². The van der Waals surface area contributed by atoms with E-state index in [2.05, 4.69) is 10.0 Å². The zero-order valence-corrected chi connectivity index (χ0v) is 18.6. The molecule has 0 amide bonds. The predicted octanol–water partition coefficient (Wildman–Crippen LogP) is 3.96. The first-order chi connectivity index (χ1) is 14.8. The summed E-state index contributed by atoms with van der Waals surface area (Å²) in [6, 6.07) is 21.2. The predicted molar refractivity (Wildman–Crippen MR) is 121 cm³/mol. The molecule has 0 fully saturated rings.